The SMILES string of the molecule is CSc1nn(C)c(C)[n+]1C. The minimum Gasteiger partial charge on any atom is -0.226 e. The van der Waals surface area contributed by atoms with Crippen molar-refractivity contribution in [1.82, 2.24) is 9.78 Å². The van der Waals surface area contributed by atoms with E-state index in [2.05, 4.69) is 9.67 Å². The number of thioether (sulfide) groups is 1. The fourth-order valence-corrected chi connectivity index (χ4v) is 1.41. The summed E-state index contributed by atoms with van der Waals surface area (Å²) in [6.45, 7) is 2.05. The lowest BCUT2D eigenvalue weighted by molar-refractivity contribution is -0.715. The van der Waals surface area contributed by atoms with E-state index in [-0.39, 0.29) is 0 Å². The molecule has 0 aliphatic carbocycles. The Morgan fingerprint density at radius 3 is 2.40 bits per heavy atom. The highest BCUT2D eigenvalue weighted by molar-refractivity contribution is 7.98. The Morgan fingerprint density at radius 1 is 1.60 bits per heavy atom. The summed E-state index contributed by atoms with van der Waals surface area (Å²) < 4.78 is 3.95. The molecule has 0 N–H and O–H groups in total. The van der Waals surface area contributed by atoms with Crippen LogP contribution in [0.15, 0.2) is 5.16 Å². The van der Waals surface area contributed by atoms with Crippen LogP contribution in [0.25, 0.3) is 0 Å². The Hall–Kier alpha value is -0.510. The lowest BCUT2D eigenvalue weighted by Crippen LogP contribution is -2.32. The van der Waals surface area contributed by atoms with Crippen LogP contribution in [0.2, 0.25) is 0 Å². The molecule has 0 atom stereocenters. The molecule has 0 unspecified atom stereocenters. The molecule has 1 rings (SSSR count). The predicted molar refractivity (Wildman–Crippen MR) is 40.9 cm³/mol. The summed E-state index contributed by atoms with van der Waals surface area (Å²) in [6, 6.07) is 0. The van der Waals surface area contributed by atoms with Gasteiger partial charge in [0.05, 0.1) is 19.2 Å². The second kappa shape index (κ2) is 2.62. The van der Waals surface area contributed by atoms with Gasteiger partial charge >= 0.3 is 5.16 Å². The Bertz CT molecular complexity index is 241. The fourth-order valence-electron chi connectivity index (χ4n) is 0.801. The number of aryl methyl sites for hydroxylation is 1. The average Bonchev–Trinajstić information content (AvgIpc) is 2.17. The second-order valence-electron chi connectivity index (χ2n) is 2.22. The first-order valence-electron chi connectivity index (χ1n) is 3.10. The predicted octanol–water partition coefficient (Wildman–Crippen LogP) is 0.275. The topological polar surface area (TPSA) is 21.7 Å². The largest absolute Gasteiger partial charge is 0.336 e. The Morgan fingerprint density at radius 2 is 2.20 bits per heavy atom. The van der Waals surface area contributed by atoms with Crippen molar-refractivity contribution < 1.29 is 4.57 Å². The van der Waals surface area contributed by atoms with Crippen LogP contribution in [0.4, 0.5) is 0 Å². The Labute approximate surface area is 65.1 Å². The highest BCUT2D eigenvalue weighted by Gasteiger charge is 2.14. The summed E-state index contributed by atoms with van der Waals surface area (Å²) in [7, 11) is 3.98. The maximum atomic E-state index is 4.27. The van der Waals surface area contributed by atoms with Gasteiger partial charge in [-0.2, -0.15) is 0 Å². The summed E-state index contributed by atoms with van der Waals surface area (Å²) in [5.74, 6) is 1.17. The smallest absolute Gasteiger partial charge is 0.226 e. The molecule has 0 fully saturated rings. The molecule has 0 bridgehead atoms. The van der Waals surface area contributed by atoms with E-state index in [1.54, 1.807) is 11.8 Å². The Balaban J connectivity index is 3.17. The summed E-state index contributed by atoms with van der Waals surface area (Å²) in [5, 5.41) is 5.33. The second-order valence-corrected chi connectivity index (χ2v) is 2.99. The molecule has 4 heteroatoms. The van der Waals surface area contributed by atoms with Crippen molar-refractivity contribution in [2.45, 2.75) is 12.1 Å². The van der Waals surface area contributed by atoms with Crippen molar-refractivity contribution in [3.8, 4) is 0 Å². The molecule has 0 spiro atoms. The van der Waals surface area contributed by atoms with E-state index in [4.69, 9.17) is 0 Å². The van der Waals surface area contributed by atoms with E-state index in [1.165, 1.54) is 5.82 Å². The molecule has 0 radical (unpaired) electrons. The van der Waals surface area contributed by atoms with Gasteiger partial charge < -0.3 is 0 Å². The van der Waals surface area contributed by atoms with Gasteiger partial charge in [0.2, 0.25) is 5.82 Å². The van der Waals surface area contributed by atoms with E-state index < -0.39 is 0 Å². The zero-order chi connectivity index (χ0) is 7.72. The van der Waals surface area contributed by atoms with Crippen LogP contribution in [0, 0.1) is 6.92 Å². The number of hydrogen-bond donors (Lipinski definition) is 0. The van der Waals surface area contributed by atoms with Crippen molar-refractivity contribution >= 4 is 11.8 Å². The molecule has 0 aliphatic heterocycles. The molecule has 1 aromatic rings. The molecule has 56 valence electrons. The first-order chi connectivity index (χ1) is 4.66. The van der Waals surface area contributed by atoms with Gasteiger partial charge in [0.25, 0.3) is 0 Å². The molecular weight excluding hydrogens is 146 g/mol. The minimum absolute atomic E-state index is 1.06. The summed E-state index contributed by atoms with van der Waals surface area (Å²) in [6.07, 6.45) is 2.03. The van der Waals surface area contributed by atoms with Gasteiger partial charge in [0.15, 0.2) is 0 Å². The van der Waals surface area contributed by atoms with Crippen molar-refractivity contribution in [3.63, 3.8) is 0 Å². The van der Waals surface area contributed by atoms with Gasteiger partial charge in [-0.1, -0.05) is 11.8 Å². The van der Waals surface area contributed by atoms with Gasteiger partial charge in [-0.3, -0.25) is 0 Å². The molecule has 1 aromatic heterocycles. The van der Waals surface area contributed by atoms with Crippen LogP contribution >= 0.6 is 11.8 Å². The standard InChI is InChI=1S/C6H12N3S/c1-5-8(2)6(10-4)7-9(5)3/h1-4H3/q+1. The monoisotopic (exact) mass is 158 g/mol. The van der Waals surface area contributed by atoms with Crippen molar-refractivity contribution in [3.05, 3.63) is 5.82 Å². The first kappa shape index (κ1) is 7.60. The summed E-state index contributed by atoms with van der Waals surface area (Å²) in [4.78, 5) is 0. The molecule has 1 heterocycles. The quantitative estimate of drug-likeness (QED) is 0.432. The summed E-state index contributed by atoms with van der Waals surface area (Å²) >= 11 is 1.66. The van der Waals surface area contributed by atoms with Crippen LogP contribution < -0.4 is 4.57 Å². The van der Waals surface area contributed by atoms with Crippen LogP contribution in [0.3, 0.4) is 0 Å². The minimum atomic E-state index is 1.06. The molecule has 0 amide bonds. The third kappa shape index (κ3) is 1.03. The summed E-state index contributed by atoms with van der Waals surface area (Å²) in [5.41, 5.74) is 0. The normalized spacial score (nSPS) is 10.4. The van der Waals surface area contributed by atoms with Gasteiger partial charge in [-0.15, -0.1) is 4.68 Å². The van der Waals surface area contributed by atoms with E-state index in [0.717, 1.165) is 5.16 Å². The van der Waals surface area contributed by atoms with Crippen molar-refractivity contribution in [1.29, 1.82) is 0 Å². The third-order valence-corrected chi connectivity index (χ3v) is 2.38. The zero-order valence-electron chi connectivity index (χ0n) is 6.75. The molecule has 10 heavy (non-hydrogen) atoms. The van der Waals surface area contributed by atoms with E-state index in [0.29, 0.717) is 0 Å². The molecule has 3 nitrogen and oxygen atoms in total. The van der Waals surface area contributed by atoms with Crippen LogP contribution in [0.1, 0.15) is 5.82 Å². The first-order valence-corrected chi connectivity index (χ1v) is 4.33. The number of nitrogens with zero attached hydrogens (tertiary/aromatic N) is 3. The van der Waals surface area contributed by atoms with Crippen molar-refractivity contribution in [2.24, 2.45) is 14.1 Å². The van der Waals surface area contributed by atoms with Crippen LogP contribution in [-0.2, 0) is 14.1 Å². The van der Waals surface area contributed by atoms with E-state index >= 15 is 0 Å². The maximum Gasteiger partial charge on any atom is 0.336 e. The number of hydrogen-bond acceptors (Lipinski definition) is 2. The van der Waals surface area contributed by atoms with Crippen molar-refractivity contribution in [2.75, 3.05) is 6.26 Å². The maximum absolute atomic E-state index is 4.27. The number of rotatable bonds is 1. The Kier molecular flexibility index (Phi) is 1.99. The lowest BCUT2D eigenvalue weighted by atomic mass is 10.7. The van der Waals surface area contributed by atoms with Gasteiger partial charge in [0.1, 0.15) is 0 Å². The van der Waals surface area contributed by atoms with E-state index in [9.17, 15) is 0 Å². The molecule has 0 aliphatic rings. The fraction of sp³-hybridized carbons (Fsp3) is 0.667. The third-order valence-electron chi connectivity index (χ3n) is 1.66. The lowest BCUT2D eigenvalue weighted by Gasteiger charge is -1.86. The van der Waals surface area contributed by atoms with Gasteiger partial charge in [-0.25, -0.2) is 4.57 Å². The average molecular weight is 158 g/mol. The van der Waals surface area contributed by atoms with Gasteiger partial charge in [-0.05, 0) is 6.26 Å². The van der Waals surface area contributed by atoms with Gasteiger partial charge in [0, 0.05) is 6.92 Å². The highest BCUT2D eigenvalue weighted by Crippen LogP contribution is 2.04. The van der Waals surface area contributed by atoms with E-state index in [1.807, 2.05) is 32.0 Å². The zero-order valence-corrected chi connectivity index (χ0v) is 7.57. The van der Waals surface area contributed by atoms with Crippen LogP contribution in [-0.4, -0.2) is 16.0 Å². The van der Waals surface area contributed by atoms with Crippen LogP contribution in [0.5, 0.6) is 0 Å². The molecule has 0 saturated carbocycles. The molecular formula is C6H12N3S+. The molecule has 0 aromatic carbocycles. The molecule has 0 saturated heterocycles. The highest BCUT2D eigenvalue weighted by atomic mass is 32.2. The number of aromatic nitrogens is 3.